The van der Waals surface area contributed by atoms with Crippen molar-refractivity contribution < 1.29 is 4.74 Å². The van der Waals surface area contributed by atoms with Gasteiger partial charge in [0.05, 0.1) is 5.52 Å². The zero-order valence-corrected chi connectivity index (χ0v) is 11.8. The van der Waals surface area contributed by atoms with Gasteiger partial charge in [0, 0.05) is 12.4 Å². The van der Waals surface area contributed by atoms with Crippen LogP contribution in [0.25, 0.3) is 11.2 Å². The highest BCUT2D eigenvalue weighted by Crippen LogP contribution is 2.18. The fourth-order valence-electron chi connectivity index (χ4n) is 1.73. The lowest BCUT2D eigenvalue weighted by Gasteiger charge is -2.04. The first-order valence-electron chi connectivity index (χ1n) is 5.74. The van der Waals surface area contributed by atoms with Gasteiger partial charge in [-0.2, -0.15) is 5.26 Å². The molecule has 1 N–H and O–H groups in total. The van der Waals surface area contributed by atoms with E-state index in [-0.39, 0.29) is 6.61 Å². The number of fused-ring (bicyclic) bond motifs is 1. The van der Waals surface area contributed by atoms with E-state index in [0.717, 1.165) is 10.1 Å². The van der Waals surface area contributed by atoms with Crippen LogP contribution in [-0.4, -0.2) is 19.9 Å². The molecule has 0 radical (unpaired) electrons. The number of nitrogens with zero attached hydrogens (tertiary/aromatic N) is 4. The van der Waals surface area contributed by atoms with Crippen LogP contribution in [0.1, 0.15) is 11.4 Å². The molecule has 7 heteroatoms. The van der Waals surface area contributed by atoms with Crippen LogP contribution in [0.15, 0.2) is 35.2 Å². The summed E-state index contributed by atoms with van der Waals surface area (Å²) in [6, 6.07) is 7.40. The summed E-state index contributed by atoms with van der Waals surface area (Å²) in [4.78, 5) is 15.6. The van der Waals surface area contributed by atoms with E-state index in [1.165, 1.54) is 6.20 Å². The number of aromatic nitrogens is 4. The van der Waals surface area contributed by atoms with Crippen molar-refractivity contribution in [3.05, 3.63) is 46.6 Å². The van der Waals surface area contributed by atoms with E-state index in [9.17, 15) is 0 Å². The van der Waals surface area contributed by atoms with Crippen LogP contribution >= 0.6 is 15.9 Å². The quantitative estimate of drug-likeness (QED) is 0.746. The van der Waals surface area contributed by atoms with Gasteiger partial charge in [-0.25, -0.2) is 9.97 Å². The Bertz CT molecular complexity index is 808. The second kappa shape index (κ2) is 5.27. The number of imidazole rings is 1. The second-order valence-electron chi connectivity index (χ2n) is 3.96. The zero-order chi connectivity index (χ0) is 13.9. The summed E-state index contributed by atoms with van der Waals surface area (Å²) in [6.45, 7) is 0.229. The SMILES string of the molecule is N#Cc1cnccc1OCc1nc2nc(Br)ccc2[nH]1. The minimum Gasteiger partial charge on any atom is -0.484 e. The molecule has 0 amide bonds. The van der Waals surface area contributed by atoms with Gasteiger partial charge in [-0.15, -0.1) is 0 Å². The largest absolute Gasteiger partial charge is 0.484 e. The minimum absolute atomic E-state index is 0.229. The molecule has 0 aliphatic rings. The average molecular weight is 330 g/mol. The van der Waals surface area contributed by atoms with Crippen molar-refractivity contribution in [3.63, 3.8) is 0 Å². The highest BCUT2D eigenvalue weighted by molar-refractivity contribution is 9.10. The van der Waals surface area contributed by atoms with Crippen LogP contribution in [0.4, 0.5) is 0 Å². The second-order valence-corrected chi connectivity index (χ2v) is 4.77. The molecular weight excluding hydrogens is 322 g/mol. The van der Waals surface area contributed by atoms with Crippen LogP contribution in [0.3, 0.4) is 0 Å². The summed E-state index contributed by atoms with van der Waals surface area (Å²) in [6.07, 6.45) is 3.04. The Morgan fingerprint density at radius 3 is 3.05 bits per heavy atom. The van der Waals surface area contributed by atoms with E-state index in [2.05, 4.69) is 35.9 Å². The molecule has 0 atom stereocenters. The van der Waals surface area contributed by atoms with Gasteiger partial charge in [-0.3, -0.25) is 4.98 Å². The van der Waals surface area contributed by atoms with Crippen molar-refractivity contribution >= 4 is 27.1 Å². The molecule has 0 bridgehead atoms. The highest BCUT2D eigenvalue weighted by Gasteiger charge is 2.07. The fraction of sp³-hybridized carbons (Fsp3) is 0.0769. The van der Waals surface area contributed by atoms with Gasteiger partial charge in [-0.05, 0) is 34.1 Å². The van der Waals surface area contributed by atoms with Crippen LogP contribution in [-0.2, 0) is 6.61 Å². The standard InChI is InChI=1S/C13H8BrN5O/c14-11-2-1-9-13(18-11)19-12(17-9)7-20-10-3-4-16-6-8(10)5-15/h1-4,6H,7H2,(H,17,18,19). The molecule has 98 valence electrons. The van der Waals surface area contributed by atoms with Crippen LogP contribution in [0.5, 0.6) is 5.75 Å². The van der Waals surface area contributed by atoms with Crippen LogP contribution < -0.4 is 4.74 Å². The van der Waals surface area contributed by atoms with Gasteiger partial charge in [0.25, 0.3) is 0 Å². The molecule has 0 fully saturated rings. The number of hydrogen-bond donors (Lipinski definition) is 1. The number of hydrogen-bond acceptors (Lipinski definition) is 5. The number of nitriles is 1. The Hall–Kier alpha value is -2.46. The lowest BCUT2D eigenvalue weighted by Crippen LogP contribution is -1.99. The van der Waals surface area contributed by atoms with Crippen molar-refractivity contribution in [2.24, 2.45) is 0 Å². The normalized spacial score (nSPS) is 10.4. The predicted octanol–water partition coefficient (Wildman–Crippen LogP) is 2.57. The number of aromatic amines is 1. The number of rotatable bonds is 3. The molecule has 0 spiro atoms. The Morgan fingerprint density at radius 1 is 1.30 bits per heavy atom. The molecule has 0 aliphatic heterocycles. The topological polar surface area (TPSA) is 87.5 Å². The molecule has 3 heterocycles. The van der Waals surface area contributed by atoms with Gasteiger partial charge in [0.15, 0.2) is 5.65 Å². The molecule has 3 rings (SSSR count). The lowest BCUT2D eigenvalue weighted by atomic mass is 10.3. The van der Waals surface area contributed by atoms with Crippen molar-refractivity contribution in [1.29, 1.82) is 5.26 Å². The zero-order valence-electron chi connectivity index (χ0n) is 10.2. The summed E-state index contributed by atoms with van der Waals surface area (Å²) < 4.78 is 6.30. The molecule has 6 nitrogen and oxygen atoms in total. The van der Waals surface area contributed by atoms with Crippen molar-refractivity contribution in [2.45, 2.75) is 6.61 Å². The summed E-state index contributed by atoms with van der Waals surface area (Å²) >= 11 is 3.30. The van der Waals surface area contributed by atoms with E-state index in [1.807, 2.05) is 18.2 Å². The number of halogens is 1. The third-order valence-electron chi connectivity index (χ3n) is 2.63. The average Bonchev–Trinajstić information content (AvgIpc) is 2.87. The predicted molar refractivity (Wildman–Crippen MR) is 74.9 cm³/mol. The molecule has 0 saturated heterocycles. The maximum Gasteiger partial charge on any atom is 0.178 e. The Labute approximate surface area is 122 Å². The van der Waals surface area contributed by atoms with Gasteiger partial charge >= 0.3 is 0 Å². The minimum atomic E-state index is 0.229. The van der Waals surface area contributed by atoms with Crippen LogP contribution in [0, 0.1) is 11.3 Å². The van der Waals surface area contributed by atoms with Crippen molar-refractivity contribution in [1.82, 2.24) is 19.9 Å². The first-order chi connectivity index (χ1) is 9.76. The molecule has 20 heavy (non-hydrogen) atoms. The smallest absolute Gasteiger partial charge is 0.178 e. The maximum absolute atomic E-state index is 8.95. The summed E-state index contributed by atoms with van der Waals surface area (Å²) in [5.41, 5.74) is 1.85. The fourth-order valence-corrected chi connectivity index (χ4v) is 2.03. The Balaban J connectivity index is 1.82. The Morgan fingerprint density at radius 2 is 2.20 bits per heavy atom. The van der Waals surface area contributed by atoms with Gasteiger partial charge in [0.1, 0.15) is 34.4 Å². The van der Waals surface area contributed by atoms with E-state index < -0.39 is 0 Å². The van der Waals surface area contributed by atoms with Gasteiger partial charge in [-0.1, -0.05) is 0 Å². The van der Waals surface area contributed by atoms with Crippen LogP contribution in [0.2, 0.25) is 0 Å². The molecule has 3 aromatic rings. The summed E-state index contributed by atoms with van der Waals surface area (Å²) in [7, 11) is 0. The maximum atomic E-state index is 8.95. The third kappa shape index (κ3) is 2.46. The summed E-state index contributed by atoms with van der Waals surface area (Å²) in [5.74, 6) is 1.13. The Kier molecular flexibility index (Phi) is 3.31. The number of nitrogens with one attached hydrogen (secondary N) is 1. The molecule has 3 aromatic heterocycles. The number of ether oxygens (including phenoxy) is 1. The number of pyridine rings is 2. The summed E-state index contributed by atoms with van der Waals surface area (Å²) in [5, 5.41) is 8.95. The van der Waals surface area contributed by atoms with Crippen molar-refractivity contribution in [3.8, 4) is 11.8 Å². The highest BCUT2D eigenvalue weighted by atomic mass is 79.9. The van der Waals surface area contributed by atoms with E-state index in [4.69, 9.17) is 10.00 Å². The first kappa shape index (κ1) is 12.6. The van der Waals surface area contributed by atoms with E-state index >= 15 is 0 Å². The first-order valence-corrected chi connectivity index (χ1v) is 6.53. The lowest BCUT2D eigenvalue weighted by molar-refractivity contribution is 0.296. The molecular formula is C13H8BrN5O. The number of H-pyrrole nitrogens is 1. The molecule has 0 unspecified atom stereocenters. The monoisotopic (exact) mass is 329 g/mol. The molecule has 0 saturated carbocycles. The molecule has 0 aliphatic carbocycles. The van der Waals surface area contributed by atoms with E-state index in [1.54, 1.807) is 12.3 Å². The third-order valence-corrected chi connectivity index (χ3v) is 3.07. The molecule has 0 aromatic carbocycles. The van der Waals surface area contributed by atoms with Gasteiger partial charge in [0.2, 0.25) is 0 Å². The van der Waals surface area contributed by atoms with Gasteiger partial charge < -0.3 is 9.72 Å². The van der Waals surface area contributed by atoms with Crippen molar-refractivity contribution in [2.75, 3.05) is 0 Å². The van der Waals surface area contributed by atoms with E-state index in [0.29, 0.717) is 22.8 Å².